The van der Waals surface area contributed by atoms with E-state index in [9.17, 15) is 0 Å². The molecule has 0 bridgehead atoms. The fourth-order valence-corrected chi connectivity index (χ4v) is 3.03. The molecule has 25 heavy (non-hydrogen) atoms. The molecule has 0 fully saturated rings. The van der Waals surface area contributed by atoms with Crippen molar-refractivity contribution in [3.05, 3.63) is 79.1 Å². The summed E-state index contributed by atoms with van der Waals surface area (Å²) in [7, 11) is 0. The van der Waals surface area contributed by atoms with Gasteiger partial charge in [-0.2, -0.15) is 0 Å². The standard InChI is InChI=1S/C21H13N3O/c1-2-6-14(7-3-1)20-22-13-23-21(24-20)15-10-11-19-17(12-15)16-8-4-5-9-18(16)25-19/h1-13H. The van der Waals surface area contributed by atoms with Crippen molar-refractivity contribution in [2.45, 2.75) is 0 Å². The molecule has 0 spiro atoms. The minimum Gasteiger partial charge on any atom is -0.456 e. The van der Waals surface area contributed by atoms with Crippen molar-refractivity contribution in [1.82, 2.24) is 15.0 Å². The van der Waals surface area contributed by atoms with E-state index in [-0.39, 0.29) is 0 Å². The Morgan fingerprint density at radius 1 is 0.600 bits per heavy atom. The maximum absolute atomic E-state index is 5.88. The van der Waals surface area contributed by atoms with Gasteiger partial charge in [0, 0.05) is 21.9 Å². The van der Waals surface area contributed by atoms with E-state index in [1.54, 1.807) is 6.33 Å². The van der Waals surface area contributed by atoms with E-state index in [1.165, 1.54) is 0 Å². The molecule has 5 rings (SSSR count). The highest BCUT2D eigenvalue weighted by molar-refractivity contribution is 6.06. The number of rotatable bonds is 2. The molecule has 0 aliphatic carbocycles. The van der Waals surface area contributed by atoms with Gasteiger partial charge in [0.15, 0.2) is 11.6 Å². The van der Waals surface area contributed by atoms with Gasteiger partial charge in [-0.1, -0.05) is 48.5 Å². The number of fused-ring (bicyclic) bond motifs is 3. The summed E-state index contributed by atoms with van der Waals surface area (Å²) in [6.07, 6.45) is 1.56. The summed E-state index contributed by atoms with van der Waals surface area (Å²) in [6.45, 7) is 0. The Morgan fingerprint density at radius 3 is 2.20 bits per heavy atom. The largest absolute Gasteiger partial charge is 0.456 e. The van der Waals surface area contributed by atoms with Crippen molar-refractivity contribution in [3.63, 3.8) is 0 Å². The Labute approximate surface area is 143 Å². The van der Waals surface area contributed by atoms with Gasteiger partial charge in [-0.25, -0.2) is 15.0 Å². The Hall–Kier alpha value is -3.53. The second-order valence-corrected chi connectivity index (χ2v) is 5.81. The molecule has 0 saturated heterocycles. The summed E-state index contributed by atoms with van der Waals surface area (Å²) in [4.78, 5) is 13.3. The van der Waals surface area contributed by atoms with Crippen LogP contribution in [0.3, 0.4) is 0 Å². The first-order valence-electron chi connectivity index (χ1n) is 8.05. The number of hydrogen-bond acceptors (Lipinski definition) is 4. The van der Waals surface area contributed by atoms with Gasteiger partial charge in [0.05, 0.1) is 0 Å². The van der Waals surface area contributed by atoms with Crippen molar-refractivity contribution in [2.24, 2.45) is 0 Å². The Morgan fingerprint density at radius 2 is 1.32 bits per heavy atom. The third-order valence-corrected chi connectivity index (χ3v) is 4.24. The molecule has 0 aliphatic heterocycles. The molecule has 0 amide bonds. The van der Waals surface area contributed by atoms with Crippen LogP contribution in [-0.4, -0.2) is 15.0 Å². The molecule has 4 heteroatoms. The van der Waals surface area contributed by atoms with Crippen molar-refractivity contribution < 1.29 is 4.42 Å². The van der Waals surface area contributed by atoms with Gasteiger partial charge in [-0.3, -0.25) is 0 Å². The molecule has 0 unspecified atom stereocenters. The van der Waals surface area contributed by atoms with E-state index in [0.717, 1.165) is 33.1 Å². The van der Waals surface area contributed by atoms with Gasteiger partial charge < -0.3 is 4.42 Å². The van der Waals surface area contributed by atoms with E-state index in [0.29, 0.717) is 11.6 Å². The Kier molecular flexibility index (Phi) is 3.07. The molecule has 3 aromatic carbocycles. The molecule has 5 aromatic rings. The van der Waals surface area contributed by atoms with Crippen LogP contribution in [0.2, 0.25) is 0 Å². The maximum Gasteiger partial charge on any atom is 0.163 e. The van der Waals surface area contributed by atoms with Crippen LogP contribution in [0.5, 0.6) is 0 Å². The third-order valence-electron chi connectivity index (χ3n) is 4.24. The van der Waals surface area contributed by atoms with Crippen LogP contribution >= 0.6 is 0 Å². The second-order valence-electron chi connectivity index (χ2n) is 5.81. The number of furan rings is 1. The van der Waals surface area contributed by atoms with Gasteiger partial charge >= 0.3 is 0 Å². The van der Waals surface area contributed by atoms with E-state index in [4.69, 9.17) is 4.42 Å². The fourth-order valence-electron chi connectivity index (χ4n) is 3.03. The average molecular weight is 323 g/mol. The predicted molar refractivity (Wildman–Crippen MR) is 98.0 cm³/mol. The van der Waals surface area contributed by atoms with Crippen LogP contribution in [0.15, 0.2) is 83.5 Å². The molecule has 2 heterocycles. The molecule has 0 radical (unpaired) electrons. The monoisotopic (exact) mass is 323 g/mol. The summed E-state index contributed by atoms with van der Waals surface area (Å²) >= 11 is 0. The van der Waals surface area contributed by atoms with Crippen LogP contribution < -0.4 is 0 Å². The summed E-state index contributed by atoms with van der Waals surface area (Å²) < 4.78 is 5.88. The van der Waals surface area contributed by atoms with Gasteiger partial charge in [0.25, 0.3) is 0 Å². The van der Waals surface area contributed by atoms with Crippen LogP contribution in [0.4, 0.5) is 0 Å². The lowest BCUT2D eigenvalue weighted by Crippen LogP contribution is -1.94. The third kappa shape index (κ3) is 2.35. The van der Waals surface area contributed by atoms with E-state index >= 15 is 0 Å². The van der Waals surface area contributed by atoms with Crippen molar-refractivity contribution in [2.75, 3.05) is 0 Å². The lowest BCUT2D eigenvalue weighted by atomic mass is 10.1. The second kappa shape index (κ2) is 5.53. The topological polar surface area (TPSA) is 51.8 Å². The van der Waals surface area contributed by atoms with Gasteiger partial charge in [-0.15, -0.1) is 0 Å². The van der Waals surface area contributed by atoms with Gasteiger partial charge in [0.1, 0.15) is 17.5 Å². The number of para-hydroxylation sites is 1. The molecular formula is C21H13N3O. The molecule has 118 valence electrons. The lowest BCUT2D eigenvalue weighted by Gasteiger charge is -2.03. The minimum absolute atomic E-state index is 0.654. The zero-order chi connectivity index (χ0) is 16.6. The number of hydrogen-bond donors (Lipinski definition) is 0. The molecule has 4 nitrogen and oxygen atoms in total. The Bertz CT molecular complexity index is 1200. The van der Waals surface area contributed by atoms with E-state index in [1.807, 2.05) is 60.7 Å². The van der Waals surface area contributed by atoms with Crippen LogP contribution in [0.1, 0.15) is 0 Å². The zero-order valence-electron chi connectivity index (χ0n) is 13.3. The first kappa shape index (κ1) is 13.9. The first-order chi connectivity index (χ1) is 12.4. The molecule has 0 aliphatic rings. The van der Waals surface area contributed by atoms with E-state index in [2.05, 4.69) is 27.1 Å². The number of benzene rings is 3. The highest BCUT2D eigenvalue weighted by Crippen LogP contribution is 2.31. The minimum atomic E-state index is 0.654. The summed E-state index contributed by atoms with van der Waals surface area (Å²) in [6, 6.07) is 24.0. The number of aromatic nitrogens is 3. The van der Waals surface area contributed by atoms with Crippen LogP contribution in [0, 0.1) is 0 Å². The van der Waals surface area contributed by atoms with Crippen LogP contribution in [-0.2, 0) is 0 Å². The number of nitrogens with zero attached hydrogens (tertiary/aromatic N) is 3. The normalized spacial score (nSPS) is 11.2. The Balaban J connectivity index is 1.67. The smallest absolute Gasteiger partial charge is 0.163 e. The first-order valence-corrected chi connectivity index (χ1v) is 8.05. The zero-order valence-corrected chi connectivity index (χ0v) is 13.3. The van der Waals surface area contributed by atoms with Gasteiger partial charge in [-0.05, 0) is 24.3 Å². The lowest BCUT2D eigenvalue weighted by molar-refractivity contribution is 0.669. The van der Waals surface area contributed by atoms with Crippen molar-refractivity contribution in [3.8, 4) is 22.8 Å². The highest BCUT2D eigenvalue weighted by Gasteiger charge is 2.10. The van der Waals surface area contributed by atoms with Crippen molar-refractivity contribution in [1.29, 1.82) is 0 Å². The van der Waals surface area contributed by atoms with Crippen molar-refractivity contribution >= 4 is 21.9 Å². The quantitative estimate of drug-likeness (QED) is 0.453. The summed E-state index contributed by atoms with van der Waals surface area (Å²) in [5.41, 5.74) is 3.66. The summed E-state index contributed by atoms with van der Waals surface area (Å²) in [5.74, 6) is 1.32. The SMILES string of the molecule is c1ccc(-c2ncnc(-c3ccc4oc5ccccc5c4c3)n2)cc1. The highest BCUT2D eigenvalue weighted by atomic mass is 16.3. The predicted octanol–water partition coefficient (Wildman–Crippen LogP) is 5.11. The molecule has 0 saturated carbocycles. The van der Waals surface area contributed by atoms with Crippen LogP contribution in [0.25, 0.3) is 44.7 Å². The fraction of sp³-hybridized carbons (Fsp3) is 0. The molecule has 0 atom stereocenters. The van der Waals surface area contributed by atoms with Gasteiger partial charge in [0.2, 0.25) is 0 Å². The summed E-state index contributed by atoms with van der Waals surface area (Å²) in [5, 5.41) is 2.16. The molecule has 0 N–H and O–H groups in total. The molecule has 2 aromatic heterocycles. The molecular weight excluding hydrogens is 310 g/mol. The maximum atomic E-state index is 5.88. The average Bonchev–Trinajstić information content (AvgIpc) is 3.07. The van der Waals surface area contributed by atoms with E-state index < -0.39 is 0 Å².